The predicted octanol–water partition coefficient (Wildman–Crippen LogP) is 3.33. The number of hydrogen-bond acceptors (Lipinski definition) is 3. The molecule has 5 nitrogen and oxygen atoms in total. The van der Waals surface area contributed by atoms with Crippen LogP contribution in [0.1, 0.15) is 52.9 Å². The van der Waals surface area contributed by atoms with Crippen molar-refractivity contribution in [1.29, 1.82) is 0 Å². The van der Waals surface area contributed by atoms with Gasteiger partial charge in [0.2, 0.25) is 0 Å². The van der Waals surface area contributed by atoms with Crippen molar-refractivity contribution >= 4 is 12.0 Å². The van der Waals surface area contributed by atoms with E-state index in [9.17, 15) is 22.8 Å². The van der Waals surface area contributed by atoms with Crippen molar-refractivity contribution in [1.82, 2.24) is 9.80 Å². The summed E-state index contributed by atoms with van der Waals surface area (Å²) in [7, 11) is 0. The first-order chi connectivity index (χ1) is 10.9. The van der Waals surface area contributed by atoms with Crippen molar-refractivity contribution in [2.45, 2.75) is 70.2 Å². The molecule has 0 N–H and O–H groups in total. The van der Waals surface area contributed by atoms with E-state index in [0.29, 0.717) is 32.2 Å². The van der Waals surface area contributed by atoms with Crippen LogP contribution in [0.25, 0.3) is 0 Å². The molecular formula is C16H25F3N2O3. The maximum absolute atomic E-state index is 13.0. The SMILES string of the molecule is CC(C)(C)OC(=O)N1CCC[C@@]2(CCCCN2C(=O)C(F)(F)F)C1. The van der Waals surface area contributed by atoms with Gasteiger partial charge in [0.05, 0.1) is 5.54 Å². The summed E-state index contributed by atoms with van der Waals surface area (Å²) in [5, 5.41) is 0. The molecule has 0 aromatic rings. The molecule has 0 aliphatic carbocycles. The van der Waals surface area contributed by atoms with Gasteiger partial charge in [-0.15, -0.1) is 0 Å². The van der Waals surface area contributed by atoms with E-state index in [-0.39, 0.29) is 13.1 Å². The first-order valence-electron chi connectivity index (χ1n) is 8.31. The van der Waals surface area contributed by atoms with Gasteiger partial charge in [0.25, 0.3) is 0 Å². The van der Waals surface area contributed by atoms with Gasteiger partial charge in [-0.3, -0.25) is 4.79 Å². The summed E-state index contributed by atoms with van der Waals surface area (Å²) >= 11 is 0. The van der Waals surface area contributed by atoms with E-state index >= 15 is 0 Å². The Labute approximate surface area is 140 Å². The minimum Gasteiger partial charge on any atom is -0.444 e. The van der Waals surface area contributed by atoms with Gasteiger partial charge in [-0.25, -0.2) is 4.79 Å². The van der Waals surface area contributed by atoms with Crippen molar-refractivity contribution in [2.75, 3.05) is 19.6 Å². The van der Waals surface area contributed by atoms with E-state index < -0.39 is 29.3 Å². The number of likely N-dealkylation sites (tertiary alicyclic amines) is 2. The van der Waals surface area contributed by atoms with Crippen LogP contribution in [0, 0.1) is 0 Å². The molecular weight excluding hydrogens is 325 g/mol. The third-order valence-corrected chi connectivity index (χ3v) is 4.54. The average molecular weight is 350 g/mol. The summed E-state index contributed by atoms with van der Waals surface area (Å²) in [5.74, 6) is -1.80. The van der Waals surface area contributed by atoms with Gasteiger partial charge >= 0.3 is 18.2 Å². The first kappa shape index (κ1) is 18.9. The topological polar surface area (TPSA) is 49.9 Å². The fourth-order valence-electron chi connectivity index (χ4n) is 3.59. The molecule has 1 spiro atoms. The highest BCUT2D eigenvalue weighted by molar-refractivity contribution is 5.83. The zero-order chi connectivity index (χ0) is 18.2. The third-order valence-electron chi connectivity index (χ3n) is 4.54. The summed E-state index contributed by atoms with van der Waals surface area (Å²) in [6.45, 7) is 5.84. The molecule has 2 saturated heterocycles. The van der Waals surface area contributed by atoms with Crippen LogP contribution in [0.15, 0.2) is 0 Å². The lowest BCUT2D eigenvalue weighted by Crippen LogP contribution is -2.65. The number of hydrogen-bond donors (Lipinski definition) is 0. The molecule has 0 saturated carbocycles. The Morgan fingerprint density at radius 1 is 1.00 bits per heavy atom. The number of halogens is 3. The number of carbonyl (C=O) groups excluding carboxylic acids is 2. The molecule has 0 unspecified atom stereocenters. The van der Waals surface area contributed by atoms with E-state index in [0.717, 1.165) is 11.3 Å². The molecule has 0 radical (unpaired) electrons. The molecule has 1 atom stereocenters. The van der Waals surface area contributed by atoms with E-state index in [4.69, 9.17) is 4.74 Å². The zero-order valence-corrected chi connectivity index (χ0v) is 14.4. The van der Waals surface area contributed by atoms with E-state index in [1.54, 1.807) is 20.8 Å². The second-order valence-electron chi connectivity index (χ2n) is 7.64. The number of amides is 2. The number of piperidine rings is 2. The molecule has 0 aromatic carbocycles. The summed E-state index contributed by atoms with van der Waals surface area (Å²) < 4.78 is 44.2. The van der Waals surface area contributed by atoms with Crippen LogP contribution in [-0.4, -0.2) is 58.8 Å². The van der Waals surface area contributed by atoms with Gasteiger partial charge in [-0.1, -0.05) is 0 Å². The summed E-state index contributed by atoms with van der Waals surface area (Å²) in [4.78, 5) is 26.5. The summed E-state index contributed by atoms with van der Waals surface area (Å²) in [6.07, 6.45) is -2.60. The van der Waals surface area contributed by atoms with Crippen molar-refractivity contribution < 1.29 is 27.5 Å². The largest absolute Gasteiger partial charge is 0.471 e. The van der Waals surface area contributed by atoms with E-state index in [2.05, 4.69) is 0 Å². The van der Waals surface area contributed by atoms with Crippen molar-refractivity contribution in [2.24, 2.45) is 0 Å². The van der Waals surface area contributed by atoms with Crippen LogP contribution in [0.3, 0.4) is 0 Å². The summed E-state index contributed by atoms with van der Waals surface area (Å²) in [5.41, 5.74) is -1.60. The highest BCUT2D eigenvalue weighted by Gasteiger charge is 2.52. The average Bonchev–Trinajstić information content (AvgIpc) is 2.44. The quantitative estimate of drug-likeness (QED) is 0.673. The number of ether oxygens (including phenoxy) is 1. The van der Waals surface area contributed by atoms with Crippen molar-refractivity contribution in [3.8, 4) is 0 Å². The molecule has 2 aliphatic heterocycles. The van der Waals surface area contributed by atoms with E-state index in [1.165, 1.54) is 4.90 Å². The number of nitrogens with zero attached hydrogens (tertiary/aromatic N) is 2. The molecule has 2 rings (SSSR count). The Morgan fingerprint density at radius 3 is 2.21 bits per heavy atom. The predicted molar refractivity (Wildman–Crippen MR) is 81.4 cm³/mol. The standard InChI is InChI=1S/C16H25F3N2O3/c1-14(2,3)24-13(23)20-9-6-8-15(11-20)7-4-5-10-21(15)12(22)16(17,18)19/h4-11H2,1-3H3/t15-/m0/s1. The molecule has 2 heterocycles. The molecule has 8 heteroatoms. The number of alkyl halides is 3. The Kier molecular flexibility index (Phi) is 5.06. The van der Waals surface area contributed by atoms with Gasteiger partial charge in [0.15, 0.2) is 0 Å². The number of carbonyl (C=O) groups is 2. The van der Waals surface area contributed by atoms with Crippen LogP contribution < -0.4 is 0 Å². The lowest BCUT2D eigenvalue weighted by atomic mass is 9.79. The lowest BCUT2D eigenvalue weighted by molar-refractivity contribution is -0.196. The van der Waals surface area contributed by atoms with Crippen molar-refractivity contribution in [3.63, 3.8) is 0 Å². The van der Waals surface area contributed by atoms with Gasteiger partial charge in [-0.2, -0.15) is 13.2 Å². The Bertz CT molecular complexity index is 498. The molecule has 2 amide bonds. The molecule has 2 fully saturated rings. The monoisotopic (exact) mass is 350 g/mol. The maximum atomic E-state index is 13.0. The highest BCUT2D eigenvalue weighted by atomic mass is 19.4. The van der Waals surface area contributed by atoms with Gasteiger partial charge < -0.3 is 14.5 Å². The Hall–Kier alpha value is -1.47. The minimum absolute atomic E-state index is 0.0838. The van der Waals surface area contributed by atoms with Crippen LogP contribution in [0.4, 0.5) is 18.0 Å². The maximum Gasteiger partial charge on any atom is 0.471 e. The summed E-state index contributed by atoms with van der Waals surface area (Å²) in [6, 6.07) is 0. The molecule has 24 heavy (non-hydrogen) atoms. The normalized spacial score (nSPS) is 25.8. The fraction of sp³-hybridized carbons (Fsp3) is 0.875. The van der Waals surface area contributed by atoms with Gasteiger partial charge in [0, 0.05) is 19.6 Å². The number of rotatable bonds is 0. The highest BCUT2D eigenvalue weighted by Crippen LogP contribution is 2.38. The minimum atomic E-state index is -4.89. The fourth-order valence-corrected chi connectivity index (χ4v) is 3.59. The zero-order valence-electron chi connectivity index (χ0n) is 14.4. The van der Waals surface area contributed by atoms with E-state index in [1.807, 2.05) is 0 Å². The van der Waals surface area contributed by atoms with Crippen molar-refractivity contribution in [3.05, 3.63) is 0 Å². The Balaban J connectivity index is 2.19. The first-order valence-corrected chi connectivity index (χ1v) is 8.31. The van der Waals surface area contributed by atoms with Gasteiger partial charge in [-0.05, 0) is 52.9 Å². The molecule has 138 valence electrons. The molecule has 0 bridgehead atoms. The van der Waals surface area contributed by atoms with Crippen LogP contribution >= 0.6 is 0 Å². The molecule has 2 aliphatic rings. The smallest absolute Gasteiger partial charge is 0.444 e. The van der Waals surface area contributed by atoms with Crippen LogP contribution in [0.2, 0.25) is 0 Å². The second-order valence-corrected chi connectivity index (χ2v) is 7.64. The lowest BCUT2D eigenvalue weighted by Gasteiger charge is -2.52. The van der Waals surface area contributed by atoms with Crippen LogP contribution in [0.5, 0.6) is 0 Å². The molecule has 0 aromatic heterocycles. The van der Waals surface area contributed by atoms with Gasteiger partial charge in [0.1, 0.15) is 5.60 Å². The second kappa shape index (κ2) is 6.44. The van der Waals surface area contributed by atoms with Crippen LogP contribution in [-0.2, 0) is 9.53 Å². The Morgan fingerprint density at radius 2 is 1.62 bits per heavy atom. The third kappa shape index (κ3) is 4.13.